The summed E-state index contributed by atoms with van der Waals surface area (Å²) in [6, 6.07) is 80.5. The molecule has 0 radical (unpaired) electrons. The molecule has 10 aromatic carbocycles. The zero-order valence-electron chi connectivity index (χ0n) is 33.2. The second-order valence-electron chi connectivity index (χ2n) is 15.7. The van der Waals surface area contributed by atoms with Crippen molar-refractivity contribution in [3.63, 3.8) is 0 Å². The molecule has 0 unspecified atom stereocenters. The molecule has 0 saturated heterocycles. The summed E-state index contributed by atoms with van der Waals surface area (Å²) in [5.74, 6) is 0.687. The maximum Gasteiger partial charge on any atom is 0.160 e. The molecule has 3 nitrogen and oxygen atoms in total. The number of hydrogen-bond acceptors (Lipinski definition) is 2. The van der Waals surface area contributed by atoms with Crippen molar-refractivity contribution in [3.8, 4) is 61.8 Å². The highest BCUT2D eigenvalue weighted by Gasteiger charge is 2.20. The molecule has 0 fully saturated rings. The van der Waals surface area contributed by atoms with E-state index < -0.39 is 0 Å². The Labute approximate surface area is 353 Å². The van der Waals surface area contributed by atoms with Gasteiger partial charge in [-0.15, -0.1) is 0 Å². The summed E-state index contributed by atoms with van der Waals surface area (Å²) in [5.41, 5.74) is 12.9. The van der Waals surface area contributed by atoms with E-state index in [4.69, 9.17) is 9.97 Å². The normalized spacial score (nSPS) is 11.6. The Balaban J connectivity index is 1.08. The number of fused-ring (bicyclic) bond motifs is 7. The smallest absolute Gasteiger partial charge is 0.160 e. The van der Waals surface area contributed by atoms with Crippen LogP contribution in [-0.2, 0) is 0 Å². The molecule has 0 aliphatic rings. The minimum Gasteiger partial charge on any atom is -0.309 e. The van der Waals surface area contributed by atoms with E-state index in [0.29, 0.717) is 5.82 Å². The molecule has 0 spiro atoms. The molecule has 2 aromatic heterocycles. The SMILES string of the molecule is c1ccc(-c2nc(-c3cccc(-c4c5ccccc5cc5c4ccc4ccccc45)c3)cc(-c3ccccc3-c3cccc4c5ccccc5n(-c5ccccc5)c34)n2)cc1. The van der Waals surface area contributed by atoms with E-state index in [2.05, 4.69) is 223 Å². The highest BCUT2D eigenvalue weighted by molar-refractivity contribution is 6.20. The van der Waals surface area contributed by atoms with Crippen LogP contribution < -0.4 is 0 Å². The highest BCUT2D eigenvalue weighted by atomic mass is 15.0. The Morgan fingerprint density at radius 3 is 1.77 bits per heavy atom. The Morgan fingerprint density at radius 1 is 0.311 bits per heavy atom. The van der Waals surface area contributed by atoms with Gasteiger partial charge in [0.1, 0.15) is 0 Å². The average Bonchev–Trinajstić information content (AvgIpc) is 3.68. The second kappa shape index (κ2) is 14.3. The summed E-state index contributed by atoms with van der Waals surface area (Å²) in [7, 11) is 0. The zero-order valence-corrected chi connectivity index (χ0v) is 33.2. The van der Waals surface area contributed by atoms with Crippen molar-refractivity contribution < 1.29 is 0 Å². The minimum absolute atomic E-state index is 0.687. The van der Waals surface area contributed by atoms with Gasteiger partial charge in [0.05, 0.1) is 22.4 Å². The first-order valence-electron chi connectivity index (χ1n) is 20.8. The first-order chi connectivity index (χ1) is 30.3. The fourth-order valence-electron chi connectivity index (χ4n) is 9.44. The number of nitrogens with zero attached hydrogens (tertiary/aromatic N) is 3. The Hall–Kier alpha value is -8.14. The molecule has 0 N–H and O–H groups in total. The maximum absolute atomic E-state index is 5.36. The third-order valence-corrected chi connectivity index (χ3v) is 12.2. The van der Waals surface area contributed by atoms with Crippen molar-refractivity contribution in [2.45, 2.75) is 0 Å². The topological polar surface area (TPSA) is 30.7 Å². The summed E-state index contributed by atoms with van der Waals surface area (Å²) in [6.07, 6.45) is 0. The molecule has 12 aromatic rings. The zero-order chi connectivity index (χ0) is 40.3. The lowest BCUT2D eigenvalue weighted by atomic mass is 9.89. The average molecular weight is 776 g/mol. The van der Waals surface area contributed by atoms with Crippen LogP contribution in [-0.4, -0.2) is 14.5 Å². The molecule has 0 amide bonds. The molecule has 12 rings (SSSR count). The van der Waals surface area contributed by atoms with Crippen LogP contribution in [0, 0.1) is 0 Å². The molecular weight excluding hydrogens is 739 g/mol. The molecule has 0 aliphatic carbocycles. The minimum atomic E-state index is 0.687. The Kier molecular flexibility index (Phi) is 8.17. The maximum atomic E-state index is 5.36. The standard InChI is InChI=1S/C58H37N3/c1-3-18-39(19-4-1)58-59-53(41-21-15-22-42(35-41)56-45-26-10-8-20-40(45)36-52-44-25-9-7-17-38(44)33-34-49(52)56)37-54(60-58)47-28-12-11-27-46(47)50-30-16-31-51-48-29-13-14-32-55(48)61(57(50)51)43-23-5-2-6-24-43/h1-37H. The molecule has 0 bridgehead atoms. The van der Waals surface area contributed by atoms with Gasteiger partial charge in [0.25, 0.3) is 0 Å². The van der Waals surface area contributed by atoms with E-state index >= 15 is 0 Å². The lowest BCUT2D eigenvalue weighted by molar-refractivity contribution is 1.18. The summed E-state index contributed by atoms with van der Waals surface area (Å²) in [6.45, 7) is 0. The quantitative estimate of drug-likeness (QED) is 0.124. The van der Waals surface area contributed by atoms with Gasteiger partial charge in [0.15, 0.2) is 5.82 Å². The summed E-state index contributed by atoms with van der Waals surface area (Å²) in [4.78, 5) is 10.7. The predicted octanol–water partition coefficient (Wildman–Crippen LogP) is 15.4. The van der Waals surface area contributed by atoms with E-state index in [0.717, 1.165) is 50.5 Å². The van der Waals surface area contributed by atoms with E-state index in [1.165, 1.54) is 59.7 Å². The number of hydrogen-bond donors (Lipinski definition) is 0. The van der Waals surface area contributed by atoms with Crippen molar-refractivity contribution in [1.29, 1.82) is 0 Å². The third-order valence-electron chi connectivity index (χ3n) is 12.2. The second-order valence-corrected chi connectivity index (χ2v) is 15.7. The van der Waals surface area contributed by atoms with E-state index in [1.807, 2.05) is 6.07 Å². The van der Waals surface area contributed by atoms with Crippen LogP contribution in [0.3, 0.4) is 0 Å². The number of para-hydroxylation sites is 3. The van der Waals surface area contributed by atoms with Gasteiger partial charge in [-0.3, -0.25) is 0 Å². The molecule has 0 aliphatic heterocycles. The fraction of sp³-hybridized carbons (Fsp3) is 0. The molecular formula is C58H37N3. The summed E-state index contributed by atoms with van der Waals surface area (Å²) in [5, 5.41) is 9.88. The molecule has 3 heteroatoms. The van der Waals surface area contributed by atoms with Crippen LogP contribution in [0.25, 0.3) is 116 Å². The van der Waals surface area contributed by atoms with Crippen LogP contribution in [0.5, 0.6) is 0 Å². The number of benzene rings is 10. The molecule has 61 heavy (non-hydrogen) atoms. The van der Waals surface area contributed by atoms with Gasteiger partial charge in [-0.25, -0.2) is 9.97 Å². The van der Waals surface area contributed by atoms with Gasteiger partial charge >= 0.3 is 0 Å². The fourth-order valence-corrected chi connectivity index (χ4v) is 9.44. The molecule has 2 heterocycles. The van der Waals surface area contributed by atoms with Crippen LogP contribution in [0.15, 0.2) is 224 Å². The van der Waals surface area contributed by atoms with Crippen LogP contribution in [0.1, 0.15) is 0 Å². The molecule has 284 valence electrons. The largest absolute Gasteiger partial charge is 0.309 e. The van der Waals surface area contributed by atoms with Crippen molar-refractivity contribution in [3.05, 3.63) is 224 Å². The molecule has 0 saturated carbocycles. The van der Waals surface area contributed by atoms with Gasteiger partial charge in [-0.2, -0.15) is 0 Å². The van der Waals surface area contributed by atoms with Crippen LogP contribution in [0.4, 0.5) is 0 Å². The Morgan fingerprint density at radius 2 is 0.918 bits per heavy atom. The molecule has 0 atom stereocenters. The van der Waals surface area contributed by atoms with E-state index in [-0.39, 0.29) is 0 Å². The lowest BCUT2D eigenvalue weighted by Gasteiger charge is -2.16. The first kappa shape index (κ1) is 34.9. The lowest BCUT2D eigenvalue weighted by Crippen LogP contribution is -1.98. The van der Waals surface area contributed by atoms with Gasteiger partial charge in [0, 0.05) is 38.7 Å². The van der Waals surface area contributed by atoms with Gasteiger partial charge in [0.2, 0.25) is 0 Å². The number of aromatic nitrogens is 3. The van der Waals surface area contributed by atoms with Gasteiger partial charge < -0.3 is 4.57 Å². The van der Waals surface area contributed by atoms with Crippen molar-refractivity contribution in [1.82, 2.24) is 14.5 Å². The van der Waals surface area contributed by atoms with Crippen molar-refractivity contribution >= 4 is 54.1 Å². The number of rotatable bonds is 6. The first-order valence-corrected chi connectivity index (χ1v) is 20.8. The predicted molar refractivity (Wildman–Crippen MR) is 256 cm³/mol. The van der Waals surface area contributed by atoms with Crippen LogP contribution in [0.2, 0.25) is 0 Å². The Bertz CT molecular complexity index is 3640. The van der Waals surface area contributed by atoms with E-state index in [1.54, 1.807) is 0 Å². The van der Waals surface area contributed by atoms with Crippen LogP contribution >= 0.6 is 0 Å². The third kappa shape index (κ3) is 5.82. The highest BCUT2D eigenvalue weighted by Crippen LogP contribution is 2.43. The van der Waals surface area contributed by atoms with E-state index in [9.17, 15) is 0 Å². The van der Waals surface area contributed by atoms with Gasteiger partial charge in [-0.05, 0) is 85.4 Å². The van der Waals surface area contributed by atoms with Crippen molar-refractivity contribution in [2.24, 2.45) is 0 Å². The van der Waals surface area contributed by atoms with Crippen molar-refractivity contribution in [2.75, 3.05) is 0 Å². The monoisotopic (exact) mass is 775 g/mol. The van der Waals surface area contributed by atoms with Gasteiger partial charge in [-0.1, -0.05) is 188 Å². The summed E-state index contributed by atoms with van der Waals surface area (Å²) >= 11 is 0. The summed E-state index contributed by atoms with van der Waals surface area (Å²) < 4.78 is 2.41.